The van der Waals surface area contributed by atoms with E-state index in [1.807, 2.05) is 25.1 Å². The SMILES string of the molecule is CCOC(=O)C1=C(C)N=c2s/c(=C/c3ccc(OCc4cccc(F)c4)cc3)c(=O)n2[C@@H]1c1cccc(OC)c1OCC. The van der Waals surface area contributed by atoms with Gasteiger partial charge in [-0.3, -0.25) is 9.36 Å². The third kappa shape index (κ3) is 6.24. The van der Waals surface area contributed by atoms with Crippen LogP contribution in [0.3, 0.4) is 0 Å². The quantitative estimate of drug-likeness (QED) is 0.240. The third-order valence-electron chi connectivity index (χ3n) is 6.80. The van der Waals surface area contributed by atoms with Crippen LogP contribution in [0.15, 0.2) is 87.8 Å². The minimum absolute atomic E-state index is 0.172. The molecule has 5 rings (SSSR count). The number of benzene rings is 3. The Hall–Kier alpha value is -4.70. The van der Waals surface area contributed by atoms with Gasteiger partial charge in [0.1, 0.15) is 24.2 Å². The molecular weight excluding hydrogens is 571 g/mol. The Labute approximate surface area is 252 Å². The number of carbonyl (C=O) groups excluding carboxylic acids is 1. The Kier molecular flexibility index (Phi) is 9.06. The van der Waals surface area contributed by atoms with Gasteiger partial charge in [-0.1, -0.05) is 47.7 Å². The number of rotatable bonds is 10. The summed E-state index contributed by atoms with van der Waals surface area (Å²) < 4.78 is 38.2. The standard InChI is InChI=1S/C33H31FN2O6S/c1-5-40-30-25(11-8-12-26(30)39-4)29-28(32(38)41-6-2)20(3)35-33-36(29)31(37)27(43-33)18-21-13-15-24(16-14-21)42-19-22-9-7-10-23(34)17-22/h7-18,29H,5-6,19H2,1-4H3/b27-18+/t29-/m1/s1. The fraction of sp³-hybridized carbons (Fsp3) is 0.242. The van der Waals surface area contributed by atoms with Gasteiger partial charge in [0.2, 0.25) is 0 Å². The van der Waals surface area contributed by atoms with Crippen LogP contribution in [-0.4, -0.2) is 30.9 Å². The van der Waals surface area contributed by atoms with E-state index in [0.29, 0.717) is 44.4 Å². The normalized spacial score (nSPS) is 14.6. The van der Waals surface area contributed by atoms with Gasteiger partial charge < -0.3 is 18.9 Å². The molecule has 0 radical (unpaired) electrons. The molecule has 3 aromatic carbocycles. The molecule has 0 spiro atoms. The Balaban J connectivity index is 1.56. The van der Waals surface area contributed by atoms with Gasteiger partial charge in [0, 0.05) is 5.56 Å². The smallest absolute Gasteiger partial charge is 0.338 e. The Morgan fingerprint density at radius 1 is 1.05 bits per heavy atom. The zero-order valence-electron chi connectivity index (χ0n) is 24.3. The molecule has 0 amide bonds. The summed E-state index contributed by atoms with van der Waals surface area (Å²) in [6.45, 7) is 6.07. The van der Waals surface area contributed by atoms with Crippen LogP contribution < -0.4 is 29.1 Å². The molecule has 0 saturated carbocycles. The molecule has 222 valence electrons. The number of halogens is 1. The van der Waals surface area contributed by atoms with E-state index < -0.39 is 12.0 Å². The highest BCUT2D eigenvalue weighted by molar-refractivity contribution is 7.07. The number of aromatic nitrogens is 1. The van der Waals surface area contributed by atoms with Crippen molar-refractivity contribution in [2.45, 2.75) is 33.4 Å². The number of hydrogen-bond acceptors (Lipinski definition) is 8. The molecular formula is C33H31FN2O6S. The molecule has 0 N–H and O–H groups in total. The number of fused-ring (bicyclic) bond motifs is 1. The van der Waals surface area contributed by atoms with Crippen LogP contribution in [-0.2, 0) is 16.1 Å². The lowest BCUT2D eigenvalue weighted by atomic mass is 9.94. The van der Waals surface area contributed by atoms with Gasteiger partial charge in [-0.15, -0.1) is 0 Å². The van der Waals surface area contributed by atoms with Crippen LogP contribution in [0.5, 0.6) is 17.2 Å². The fourth-order valence-corrected chi connectivity index (χ4v) is 5.95. The average Bonchev–Trinajstić information content (AvgIpc) is 3.30. The van der Waals surface area contributed by atoms with E-state index in [0.717, 1.165) is 11.1 Å². The Morgan fingerprint density at radius 3 is 2.51 bits per heavy atom. The van der Waals surface area contributed by atoms with E-state index >= 15 is 0 Å². The molecule has 43 heavy (non-hydrogen) atoms. The second-order valence-corrected chi connectivity index (χ2v) is 10.6. The summed E-state index contributed by atoms with van der Waals surface area (Å²) in [5, 5.41) is 0. The van der Waals surface area contributed by atoms with E-state index in [1.54, 1.807) is 56.3 Å². The van der Waals surface area contributed by atoms with Crippen molar-refractivity contribution in [2.24, 2.45) is 4.99 Å². The molecule has 0 bridgehead atoms. The average molecular weight is 603 g/mol. The third-order valence-corrected chi connectivity index (χ3v) is 7.78. The molecule has 0 unspecified atom stereocenters. The Morgan fingerprint density at radius 2 is 1.81 bits per heavy atom. The van der Waals surface area contributed by atoms with E-state index in [4.69, 9.17) is 18.9 Å². The lowest BCUT2D eigenvalue weighted by Gasteiger charge is -2.26. The van der Waals surface area contributed by atoms with Gasteiger partial charge in [-0.25, -0.2) is 14.2 Å². The van der Waals surface area contributed by atoms with Crippen LogP contribution in [0.2, 0.25) is 0 Å². The molecule has 10 heteroatoms. The fourth-order valence-electron chi connectivity index (χ4n) is 4.90. The molecule has 1 atom stereocenters. The van der Waals surface area contributed by atoms with Crippen molar-refractivity contribution in [3.8, 4) is 17.2 Å². The molecule has 0 saturated heterocycles. The first-order valence-corrected chi connectivity index (χ1v) is 14.6. The zero-order chi connectivity index (χ0) is 30.5. The number of methoxy groups -OCH3 is 1. The summed E-state index contributed by atoms with van der Waals surface area (Å²) >= 11 is 1.23. The van der Waals surface area contributed by atoms with Crippen molar-refractivity contribution in [2.75, 3.05) is 20.3 Å². The van der Waals surface area contributed by atoms with Crippen LogP contribution in [0, 0.1) is 5.82 Å². The second kappa shape index (κ2) is 13.1. The summed E-state index contributed by atoms with van der Waals surface area (Å²) in [5.41, 5.74) is 2.50. The first kappa shape index (κ1) is 29.8. The molecule has 1 aliphatic heterocycles. The maximum Gasteiger partial charge on any atom is 0.338 e. The maximum absolute atomic E-state index is 14.0. The molecule has 1 aromatic heterocycles. The lowest BCUT2D eigenvalue weighted by Crippen LogP contribution is -2.40. The van der Waals surface area contributed by atoms with Gasteiger partial charge in [0.05, 0.1) is 36.1 Å². The van der Waals surface area contributed by atoms with Gasteiger partial charge in [-0.05, 0) is 68.3 Å². The number of ether oxygens (including phenoxy) is 4. The molecule has 2 heterocycles. The highest BCUT2D eigenvalue weighted by Gasteiger charge is 2.36. The zero-order valence-corrected chi connectivity index (χ0v) is 25.1. The second-order valence-electron chi connectivity index (χ2n) is 9.60. The van der Waals surface area contributed by atoms with Gasteiger partial charge in [0.25, 0.3) is 5.56 Å². The van der Waals surface area contributed by atoms with Crippen LogP contribution in [0.4, 0.5) is 4.39 Å². The summed E-state index contributed by atoms with van der Waals surface area (Å²) in [4.78, 5) is 32.4. The first-order chi connectivity index (χ1) is 20.8. The highest BCUT2D eigenvalue weighted by atomic mass is 32.1. The number of thiazole rings is 1. The van der Waals surface area contributed by atoms with Gasteiger partial charge >= 0.3 is 5.97 Å². The number of para-hydroxylation sites is 1. The van der Waals surface area contributed by atoms with Crippen molar-refractivity contribution in [1.29, 1.82) is 0 Å². The highest BCUT2D eigenvalue weighted by Crippen LogP contribution is 2.40. The van der Waals surface area contributed by atoms with Gasteiger partial charge in [0.15, 0.2) is 16.3 Å². The number of carbonyl (C=O) groups is 1. The van der Waals surface area contributed by atoms with Gasteiger partial charge in [-0.2, -0.15) is 0 Å². The minimum Gasteiger partial charge on any atom is -0.493 e. The number of hydrogen-bond donors (Lipinski definition) is 0. The number of esters is 1. The summed E-state index contributed by atoms with van der Waals surface area (Å²) in [5.74, 6) is 0.669. The van der Waals surface area contributed by atoms with Crippen molar-refractivity contribution < 1.29 is 28.1 Å². The monoisotopic (exact) mass is 602 g/mol. The molecule has 0 fully saturated rings. The summed E-state index contributed by atoms with van der Waals surface area (Å²) in [6.07, 6.45) is 1.77. The van der Waals surface area contributed by atoms with Crippen LogP contribution in [0.25, 0.3) is 6.08 Å². The minimum atomic E-state index is -0.840. The van der Waals surface area contributed by atoms with E-state index in [1.165, 1.54) is 35.1 Å². The lowest BCUT2D eigenvalue weighted by molar-refractivity contribution is -0.139. The molecule has 4 aromatic rings. The number of allylic oxidation sites excluding steroid dienone is 1. The van der Waals surface area contributed by atoms with Crippen LogP contribution >= 0.6 is 11.3 Å². The summed E-state index contributed by atoms with van der Waals surface area (Å²) in [6, 6.07) is 18.0. The molecule has 1 aliphatic rings. The predicted octanol–water partition coefficient (Wildman–Crippen LogP) is 4.92. The first-order valence-electron chi connectivity index (χ1n) is 13.8. The molecule has 0 aliphatic carbocycles. The molecule has 8 nitrogen and oxygen atoms in total. The van der Waals surface area contributed by atoms with E-state index in [-0.39, 0.29) is 30.2 Å². The predicted molar refractivity (Wildman–Crippen MR) is 162 cm³/mol. The maximum atomic E-state index is 14.0. The van der Waals surface area contributed by atoms with Crippen LogP contribution in [0.1, 0.15) is 43.5 Å². The topological polar surface area (TPSA) is 88.4 Å². The number of nitrogens with zero attached hydrogens (tertiary/aromatic N) is 2. The van der Waals surface area contributed by atoms with Crippen molar-refractivity contribution in [3.63, 3.8) is 0 Å². The van der Waals surface area contributed by atoms with Crippen molar-refractivity contribution in [3.05, 3.63) is 120 Å². The van der Waals surface area contributed by atoms with E-state index in [2.05, 4.69) is 4.99 Å². The van der Waals surface area contributed by atoms with E-state index in [9.17, 15) is 14.0 Å². The largest absolute Gasteiger partial charge is 0.493 e. The Bertz CT molecular complexity index is 1860. The van der Waals surface area contributed by atoms with Crippen molar-refractivity contribution >= 4 is 23.4 Å². The van der Waals surface area contributed by atoms with Crippen molar-refractivity contribution in [1.82, 2.24) is 4.57 Å². The summed E-state index contributed by atoms with van der Waals surface area (Å²) in [7, 11) is 1.54.